The Morgan fingerprint density at radius 1 is 1.27 bits per heavy atom. The van der Waals surface area contributed by atoms with Crippen LogP contribution in [0.15, 0.2) is 16.5 Å². The summed E-state index contributed by atoms with van der Waals surface area (Å²) in [5.74, 6) is 4.46. The fraction of sp³-hybridized carbons (Fsp3) is 0.636. The van der Waals surface area contributed by atoms with Gasteiger partial charge in [-0.3, -0.25) is 4.90 Å². The highest BCUT2D eigenvalue weighted by atomic mass is 32.2. The van der Waals surface area contributed by atoms with Crippen molar-refractivity contribution in [2.45, 2.75) is 19.5 Å². The van der Waals surface area contributed by atoms with Gasteiger partial charge in [0.1, 0.15) is 11.5 Å². The molecule has 0 aromatic carbocycles. The predicted octanol–water partition coefficient (Wildman–Crippen LogP) is 1.68. The molecule has 0 amide bonds. The maximum atomic E-state index is 5.60. The van der Waals surface area contributed by atoms with Gasteiger partial charge in [-0.1, -0.05) is 0 Å². The van der Waals surface area contributed by atoms with E-state index in [1.807, 2.05) is 23.9 Å². The monoisotopic (exact) mass is 226 g/mol. The van der Waals surface area contributed by atoms with Gasteiger partial charge >= 0.3 is 0 Å². The van der Waals surface area contributed by atoms with Gasteiger partial charge in [0.15, 0.2) is 0 Å². The highest BCUT2D eigenvalue weighted by molar-refractivity contribution is 7.99. The van der Waals surface area contributed by atoms with Crippen LogP contribution in [0, 0.1) is 0 Å². The first kappa shape index (κ1) is 11.0. The number of nitrogens with two attached hydrogens (primary N) is 1. The summed E-state index contributed by atoms with van der Waals surface area (Å²) >= 11 is 2.05. The third kappa shape index (κ3) is 3.26. The van der Waals surface area contributed by atoms with Gasteiger partial charge < -0.3 is 10.2 Å². The molecule has 2 rings (SSSR count). The van der Waals surface area contributed by atoms with Gasteiger partial charge in [-0.15, -0.1) is 0 Å². The van der Waals surface area contributed by atoms with Crippen LogP contribution in [0.4, 0.5) is 0 Å². The molecule has 1 aromatic heterocycles. The lowest BCUT2D eigenvalue weighted by molar-refractivity contribution is 0.259. The van der Waals surface area contributed by atoms with Crippen LogP contribution in [-0.4, -0.2) is 29.5 Å². The van der Waals surface area contributed by atoms with Crippen molar-refractivity contribution < 1.29 is 4.42 Å². The lowest BCUT2D eigenvalue weighted by Gasteiger charge is -2.17. The van der Waals surface area contributed by atoms with E-state index in [9.17, 15) is 0 Å². The standard InChI is InChI=1S/C11H18N2OS/c12-8-10-2-3-11(14-10)9-13-4-1-6-15-7-5-13/h2-3H,1,4-9,12H2. The van der Waals surface area contributed by atoms with Crippen molar-refractivity contribution in [3.8, 4) is 0 Å². The van der Waals surface area contributed by atoms with Crippen molar-refractivity contribution in [1.29, 1.82) is 0 Å². The van der Waals surface area contributed by atoms with Gasteiger partial charge in [-0.05, 0) is 30.9 Å². The van der Waals surface area contributed by atoms with E-state index in [0.717, 1.165) is 18.1 Å². The third-order valence-corrected chi connectivity index (χ3v) is 3.66. The lowest BCUT2D eigenvalue weighted by Crippen LogP contribution is -2.25. The van der Waals surface area contributed by atoms with Crippen LogP contribution in [0.5, 0.6) is 0 Å². The van der Waals surface area contributed by atoms with E-state index in [1.165, 1.54) is 31.0 Å². The molecule has 1 aromatic rings. The smallest absolute Gasteiger partial charge is 0.118 e. The molecule has 1 aliphatic rings. The SMILES string of the molecule is NCc1ccc(CN2CCCSCC2)o1. The second-order valence-electron chi connectivity index (χ2n) is 3.81. The van der Waals surface area contributed by atoms with Crippen LogP contribution in [-0.2, 0) is 13.1 Å². The van der Waals surface area contributed by atoms with Crippen molar-refractivity contribution in [3.05, 3.63) is 23.7 Å². The zero-order valence-electron chi connectivity index (χ0n) is 8.95. The molecule has 0 radical (unpaired) electrons. The number of nitrogens with zero attached hydrogens (tertiary/aromatic N) is 1. The first-order valence-electron chi connectivity index (χ1n) is 5.46. The molecule has 0 aliphatic carbocycles. The molecule has 3 nitrogen and oxygen atoms in total. The van der Waals surface area contributed by atoms with Crippen molar-refractivity contribution in [1.82, 2.24) is 4.90 Å². The molecular formula is C11H18N2OS. The first-order valence-corrected chi connectivity index (χ1v) is 6.62. The van der Waals surface area contributed by atoms with Crippen molar-refractivity contribution in [2.75, 3.05) is 24.6 Å². The largest absolute Gasteiger partial charge is 0.463 e. The average Bonchev–Trinajstić information content (AvgIpc) is 2.54. The molecule has 15 heavy (non-hydrogen) atoms. The Bertz CT molecular complexity index is 293. The molecule has 2 heterocycles. The Morgan fingerprint density at radius 2 is 2.13 bits per heavy atom. The maximum absolute atomic E-state index is 5.60. The van der Waals surface area contributed by atoms with Gasteiger partial charge in [0.25, 0.3) is 0 Å². The molecule has 0 bridgehead atoms. The van der Waals surface area contributed by atoms with Crippen LogP contribution in [0.2, 0.25) is 0 Å². The third-order valence-electron chi connectivity index (χ3n) is 2.61. The predicted molar refractivity (Wildman–Crippen MR) is 63.8 cm³/mol. The average molecular weight is 226 g/mol. The first-order chi connectivity index (χ1) is 7.38. The summed E-state index contributed by atoms with van der Waals surface area (Å²) in [6.07, 6.45) is 1.29. The van der Waals surface area contributed by atoms with E-state index in [4.69, 9.17) is 10.2 Å². The second kappa shape index (κ2) is 5.58. The van der Waals surface area contributed by atoms with E-state index in [0.29, 0.717) is 6.54 Å². The number of hydrogen-bond acceptors (Lipinski definition) is 4. The van der Waals surface area contributed by atoms with Crippen LogP contribution in [0.1, 0.15) is 17.9 Å². The Morgan fingerprint density at radius 3 is 2.93 bits per heavy atom. The molecule has 0 atom stereocenters. The number of rotatable bonds is 3. The minimum Gasteiger partial charge on any atom is -0.463 e. The van der Waals surface area contributed by atoms with Gasteiger partial charge in [0.2, 0.25) is 0 Å². The van der Waals surface area contributed by atoms with E-state index >= 15 is 0 Å². The Labute approximate surface area is 95.0 Å². The molecule has 1 aliphatic heterocycles. The van der Waals surface area contributed by atoms with Crippen molar-refractivity contribution >= 4 is 11.8 Å². The number of furan rings is 1. The highest BCUT2D eigenvalue weighted by Gasteiger charge is 2.11. The fourth-order valence-electron chi connectivity index (χ4n) is 1.79. The summed E-state index contributed by atoms with van der Waals surface area (Å²) in [4.78, 5) is 2.46. The molecular weight excluding hydrogens is 208 g/mol. The molecule has 1 fully saturated rings. The van der Waals surface area contributed by atoms with Gasteiger partial charge in [-0.25, -0.2) is 0 Å². The fourth-order valence-corrected chi connectivity index (χ4v) is 2.72. The summed E-state index contributed by atoms with van der Waals surface area (Å²) in [6, 6.07) is 4.02. The normalized spacial score (nSPS) is 19.0. The summed E-state index contributed by atoms with van der Waals surface area (Å²) in [7, 11) is 0. The van der Waals surface area contributed by atoms with Crippen LogP contribution in [0.3, 0.4) is 0 Å². The van der Waals surface area contributed by atoms with Gasteiger partial charge in [-0.2, -0.15) is 11.8 Å². The van der Waals surface area contributed by atoms with E-state index in [-0.39, 0.29) is 0 Å². The molecule has 0 saturated carbocycles. The van der Waals surface area contributed by atoms with Crippen molar-refractivity contribution in [3.63, 3.8) is 0 Å². The molecule has 0 spiro atoms. The number of hydrogen-bond donors (Lipinski definition) is 1. The van der Waals surface area contributed by atoms with E-state index in [2.05, 4.69) is 4.90 Å². The van der Waals surface area contributed by atoms with E-state index in [1.54, 1.807) is 0 Å². The molecule has 1 saturated heterocycles. The zero-order valence-corrected chi connectivity index (χ0v) is 9.76. The minimum absolute atomic E-state index is 0.496. The molecule has 4 heteroatoms. The lowest BCUT2D eigenvalue weighted by atomic mass is 10.3. The zero-order chi connectivity index (χ0) is 10.5. The van der Waals surface area contributed by atoms with Gasteiger partial charge in [0, 0.05) is 12.3 Å². The summed E-state index contributed by atoms with van der Waals surface area (Å²) in [6.45, 7) is 3.78. The minimum atomic E-state index is 0.496. The quantitative estimate of drug-likeness (QED) is 0.851. The summed E-state index contributed by atoms with van der Waals surface area (Å²) in [5.41, 5.74) is 5.51. The molecule has 0 unspecified atom stereocenters. The Hall–Kier alpha value is -0.450. The van der Waals surface area contributed by atoms with Crippen LogP contribution in [0.25, 0.3) is 0 Å². The van der Waals surface area contributed by atoms with Crippen LogP contribution >= 0.6 is 11.8 Å². The second-order valence-corrected chi connectivity index (χ2v) is 5.04. The molecule has 84 valence electrons. The summed E-state index contributed by atoms with van der Waals surface area (Å²) in [5, 5.41) is 0. The number of thioether (sulfide) groups is 1. The maximum Gasteiger partial charge on any atom is 0.118 e. The van der Waals surface area contributed by atoms with E-state index < -0.39 is 0 Å². The van der Waals surface area contributed by atoms with Crippen molar-refractivity contribution in [2.24, 2.45) is 5.73 Å². The van der Waals surface area contributed by atoms with Gasteiger partial charge in [0.05, 0.1) is 13.1 Å². The topological polar surface area (TPSA) is 42.4 Å². The highest BCUT2D eigenvalue weighted by Crippen LogP contribution is 2.14. The Kier molecular flexibility index (Phi) is 4.11. The van der Waals surface area contributed by atoms with Crippen LogP contribution < -0.4 is 5.73 Å². The summed E-state index contributed by atoms with van der Waals surface area (Å²) < 4.78 is 5.60. The Balaban J connectivity index is 1.89. The molecule has 2 N–H and O–H groups in total.